The van der Waals surface area contributed by atoms with Crippen LogP contribution in [-0.4, -0.2) is 75.6 Å². The summed E-state index contributed by atoms with van der Waals surface area (Å²) in [5.41, 5.74) is 0. The average molecular weight is 821 g/mol. The van der Waals surface area contributed by atoms with Gasteiger partial charge < -0.3 is 18.9 Å². The lowest BCUT2D eigenvalue weighted by atomic mass is 10.1. The first-order valence-electron chi connectivity index (χ1n) is 22.7. The van der Waals surface area contributed by atoms with Gasteiger partial charge in [0, 0.05) is 13.0 Å². The molecule has 0 radical (unpaired) electrons. The van der Waals surface area contributed by atoms with Crippen molar-refractivity contribution in [1.29, 1.82) is 0 Å². The van der Waals surface area contributed by atoms with Gasteiger partial charge in [0.15, 0.2) is 0 Å². The topological polar surface area (TPSA) is 91.3 Å². The quantitative estimate of drug-likeness (QED) is 0.0216. The molecular formula is C48H87NO7P+. The Hall–Kier alpha value is -2.06. The van der Waals surface area contributed by atoms with Gasteiger partial charge in [-0.05, 0) is 77.0 Å². The van der Waals surface area contributed by atoms with E-state index in [-0.39, 0.29) is 25.8 Å². The van der Waals surface area contributed by atoms with Crippen molar-refractivity contribution in [2.24, 2.45) is 0 Å². The molecule has 0 aromatic heterocycles. The van der Waals surface area contributed by atoms with Gasteiger partial charge in [-0.3, -0.25) is 13.8 Å². The summed E-state index contributed by atoms with van der Waals surface area (Å²) in [6.45, 7) is 5.42. The minimum Gasteiger partial charge on any atom is -0.457 e. The van der Waals surface area contributed by atoms with Gasteiger partial charge in [0.25, 0.3) is 0 Å². The summed E-state index contributed by atoms with van der Waals surface area (Å²) in [4.78, 5) is 22.8. The van der Waals surface area contributed by atoms with Crippen LogP contribution in [0, 0.1) is 0 Å². The molecule has 0 aromatic carbocycles. The molecule has 330 valence electrons. The predicted octanol–water partition coefficient (Wildman–Crippen LogP) is 13.5. The SMILES string of the molecule is CC/C=C\C/C=C\C/C=C\C/C=C\C/C=C\CCCCCCCCCCOCC(COP(=O)(O)OCC[N+](C)(C)C)OC(=O)CCCCCCC/C=C\CCCC. The third-order valence-corrected chi connectivity index (χ3v) is 10.2. The molecule has 0 saturated heterocycles. The third kappa shape index (κ3) is 44.9. The highest BCUT2D eigenvalue weighted by Crippen LogP contribution is 2.43. The summed E-state index contributed by atoms with van der Waals surface area (Å²) in [6.07, 6.45) is 52.3. The summed E-state index contributed by atoms with van der Waals surface area (Å²) >= 11 is 0. The summed E-state index contributed by atoms with van der Waals surface area (Å²) in [7, 11) is 1.64. The van der Waals surface area contributed by atoms with Crippen molar-refractivity contribution in [3.8, 4) is 0 Å². The number of carbonyl (C=O) groups is 1. The second-order valence-electron chi connectivity index (χ2n) is 16.0. The van der Waals surface area contributed by atoms with E-state index in [1.165, 1.54) is 64.2 Å². The molecule has 0 heterocycles. The lowest BCUT2D eigenvalue weighted by Crippen LogP contribution is -2.37. The molecule has 0 bridgehead atoms. The maximum absolute atomic E-state index is 12.7. The average Bonchev–Trinajstić information content (AvgIpc) is 3.16. The van der Waals surface area contributed by atoms with Crippen molar-refractivity contribution in [2.45, 2.75) is 174 Å². The van der Waals surface area contributed by atoms with Crippen molar-refractivity contribution in [2.75, 3.05) is 54.1 Å². The van der Waals surface area contributed by atoms with Crippen LogP contribution in [0.3, 0.4) is 0 Å². The van der Waals surface area contributed by atoms with Crippen molar-refractivity contribution < 1.29 is 37.3 Å². The Labute approximate surface area is 351 Å². The number of unbranched alkanes of at least 4 members (excludes halogenated alkanes) is 15. The van der Waals surface area contributed by atoms with E-state index in [9.17, 15) is 14.3 Å². The van der Waals surface area contributed by atoms with Crippen molar-refractivity contribution in [1.82, 2.24) is 0 Å². The van der Waals surface area contributed by atoms with E-state index in [1.54, 1.807) is 0 Å². The molecule has 0 aromatic rings. The largest absolute Gasteiger partial charge is 0.472 e. The van der Waals surface area contributed by atoms with Gasteiger partial charge in [0.2, 0.25) is 0 Å². The highest BCUT2D eigenvalue weighted by Gasteiger charge is 2.26. The fourth-order valence-corrected chi connectivity index (χ4v) is 6.48. The molecule has 0 aliphatic rings. The van der Waals surface area contributed by atoms with Crippen LogP contribution < -0.4 is 0 Å². The van der Waals surface area contributed by atoms with Crippen LogP contribution in [0.2, 0.25) is 0 Å². The Morgan fingerprint density at radius 3 is 1.54 bits per heavy atom. The number of quaternary nitrogens is 1. The number of hydrogen-bond acceptors (Lipinski definition) is 6. The number of phosphoric acid groups is 1. The van der Waals surface area contributed by atoms with Crippen molar-refractivity contribution >= 4 is 13.8 Å². The molecule has 57 heavy (non-hydrogen) atoms. The number of nitrogens with zero attached hydrogens (tertiary/aromatic N) is 1. The molecule has 0 rings (SSSR count). The molecule has 0 saturated carbocycles. The Bertz CT molecular complexity index is 1140. The number of rotatable bonds is 41. The van der Waals surface area contributed by atoms with Crippen LogP contribution in [0.15, 0.2) is 72.9 Å². The van der Waals surface area contributed by atoms with Crippen LogP contribution in [-0.2, 0) is 27.9 Å². The zero-order chi connectivity index (χ0) is 42.0. The zero-order valence-corrected chi connectivity index (χ0v) is 38.2. The minimum atomic E-state index is -4.28. The van der Waals surface area contributed by atoms with E-state index in [0.717, 1.165) is 83.5 Å². The molecule has 2 unspecified atom stereocenters. The Kier molecular flexibility index (Phi) is 39.2. The predicted molar refractivity (Wildman–Crippen MR) is 242 cm³/mol. The number of ether oxygens (including phenoxy) is 2. The van der Waals surface area contributed by atoms with Gasteiger partial charge in [0.1, 0.15) is 19.3 Å². The fraction of sp³-hybridized carbons (Fsp3) is 0.729. The van der Waals surface area contributed by atoms with Gasteiger partial charge in [-0.1, -0.05) is 157 Å². The van der Waals surface area contributed by atoms with Gasteiger partial charge >= 0.3 is 13.8 Å². The highest BCUT2D eigenvalue weighted by atomic mass is 31.2. The molecule has 9 heteroatoms. The molecule has 1 N–H and O–H groups in total. The van der Waals surface area contributed by atoms with E-state index in [0.29, 0.717) is 24.1 Å². The second-order valence-corrected chi connectivity index (χ2v) is 17.5. The van der Waals surface area contributed by atoms with Crippen molar-refractivity contribution in [3.63, 3.8) is 0 Å². The minimum absolute atomic E-state index is 0.0818. The van der Waals surface area contributed by atoms with Gasteiger partial charge in [-0.25, -0.2) is 4.57 Å². The maximum atomic E-state index is 12.7. The summed E-state index contributed by atoms with van der Waals surface area (Å²) in [5.74, 6) is -0.331. The molecule has 0 aliphatic heterocycles. The van der Waals surface area contributed by atoms with Crippen LogP contribution >= 0.6 is 7.82 Å². The smallest absolute Gasteiger partial charge is 0.457 e. The Morgan fingerprint density at radius 1 is 0.561 bits per heavy atom. The highest BCUT2D eigenvalue weighted by molar-refractivity contribution is 7.47. The second kappa shape index (κ2) is 40.7. The lowest BCUT2D eigenvalue weighted by molar-refractivity contribution is -0.870. The van der Waals surface area contributed by atoms with E-state index in [2.05, 4.69) is 86.8 Å². The number of carbonyl (C=O) groups excluding carboxylic acids is 1. The third-order valence-electron chi connectivity index (χ3n) is 9.25. The van der Waals surface area contributed by atoms with Crippen LogP contribution in [0.5, 0.6) is 0 Å². The Balaban J connectivity index is 4.17. The van der Waals surface area contributed by atoms with Crippen LogP contribution in [0.1, 0.15) is 168 Å². The summed E-state index contributed by atoms with van der Waals surface area (Å²) in [5, 5.41) is 0. The van der Waals surface area contributed by atoms with Gasteiger partial charge in [-0.15, -0.1) is 0 Å². The zero-order valence-electron chi connectivity index (χ0n) is 37.3. The van der Waals surface area contributed by atoms with Gasteiger partial charge in [0.05, 0.1) is 34.4 Å². The molecule has 0 amide bonds. The Morgan fingerprint density at radius 2 is 1.02 bits per heavy atom. The first kappa shape index (κ1) is 54.9. The van der Waals surface area contributed by atoms with E-state index < -0.39 is 13.9 Å². The van der Waals surface area contributed by atoms with Crippen LogP contribution in [0.25, 0.3) is 0 Å². The van der Waals surface area contributed by atoms with E-state index in [4.69, 9.17) is 18.5 Å². The van der Waals surface area contributed by atoms with Gasteiger partial charge in [-0.2, -0.15) is 0 Å². The standard InChI is InChI=1S/C48H86NO7P/c1-6-8-10-12-14-16-18-19-20-21-22-23-24-25-26-27-28-29-30-32-34-36-38-40-43-53-45-47(46-55-57(51,52)54-44-42-49(3,4)5)56-48(50)41-39-37-35-33-31-17-15-13-11-9-7-2/h8,10,13-16,19-20,22-23,25-26,47H,6-7,9,11-12,17-18,21,24,27-46H2,1-5H3/p+1/b10-8-,15-13-,16-14-,20-19-,23-22-,26-25-. The normalized spacial score (nSPS) is 14.4. The summed E-state index contributed by atoms with van der Waals surface area (Å²) in [6, 6.07) is 0. The molecule has 8 nitrogen and oxygen atoms in total. The molecular weight excluding hydrogens is 734 g/mol. The number of phosphoric ester groups is 1. The van der Waals surface area contributed by atoms with Crippen LogP contribution in [0.4, 0.5) is 0 Å². The molecule has 0 fully saturated rings. The maximum Gasteiger partial charge on any atom is 0.472 e. The molecule has 0 aliphatic carbocycles. The fourth-order valence-electron chi connectivity index (χ4n) is 5.74. The monoisotopic (exact) mass is 821 g/mol. The van der Waals surface area contributed by atoms with E-state index >= 15 is 0 Å². The van der Waals surface area contributed by atoms with E-state index in [1.807, 2.05) is 21.1 Å². The number of likely N-dealkylation sites (N-methyl/N-ethyl adjacent to an activating group) is 1. The molecule has 2 atom stereocenters. The number of hydrogen-bond donors (Lipinski definition) is 1. The number of allylic oxidation sites excluding steroid dienone is 12. The van der Waals surface area contributed by atoms with Crippen molar-refractivity contribution in [3.05, 3.63) is 72.9 Å². The lowest BCUT2D eigenvalue weighted by Gasteiger charge is -2.24. The first-order valence-corrected chi connectivity index (χ1v) is 24.2. The molecule has 0 spiro atoms. The summed E-state index contributed by atoms with van der Waals surface area (Å²) < 4.78 is 35.0. The number of esters is 1. The first-order chi connectivity index (χ1) is 27.6.